The second-order valence-electron chi connectivity index (χ2n) is 5.52. The number of hydrogen-bond donors (Lipinski definition) is 2. The number of benzene rings is 1. The van der Waals surface area contributed by atoms with Crippen molar-refractivity contribution in [2.45, 2.75) is 0 Å². The normalized spacial score (nSPS) is 15.2. The molecular weight excluding hydrogens is 332 g/mol. The smallest absolute Gasteiger partial charge is 0.321 e. The van der Waals surface area contributed by atoms with Gasteiger partial charge in [-0.15, -0.1) is 0 Å². The Morgan fingerprint density at radius 3 is 2.58 bits per heavy atom. The van der Waals surface area contributed by atoms with E-state index in [1.807, 2.05) is 17.0 Å². The molecular formula is C16H23ClN4O3. The number of rotatable bonds is 6. The standard InChI is InChI=1S/C16H23ClN4O3/c1-24-11-6-18-15(22)12-20-7-9-21(10-8-20)16(23)19-14-5-3-2-4-13(14)17/h2-5H,6-12H2,1H3,(H,18,22)(H,19,23). The molecule has 1 aliphatic heterocycles. The van der Waals surface area contributed by atoms with Crippen LogP contribution in [0.3, 0.4) is 0 Å². The van der Waals surface area contributed by atoms with Gasteiger partial charge >= 0.3 is 6.03 Å². The number of carbonyl (C=O) groups excluding carboxylic acids is 2. The lowest BCUT2D eigenvalue weighted by Gasteiger charge is -2.34. The Morgan fingerprint density at radius 2 is 1.92 bits per heavy atom. The molecule has 1 aliphatic rings. The number of nitrogens with one attached hydrogen (secondary N) is 2. The Balaban J connectivity index is 1.73. The zero-order valence-electron chi connectivity index (χ0n) is 13.8. The van der Waals surface area contributed by atoms with Crippen LogP contribution in [0.25, 0.3) is 0 Å². The number of ether oxygens (including phenoxy) is 1. The van der Waals surface area contributed by atoms with Crippen LogP contribution >= 0.6 is 11.6 Å². The number of nitrogens with zero attached hydrogens (tertiary/aromatic N) is 2. The van der Waals surface area contributed by atoms with Crippen molar-refractivity contribution >= 4 is 29.2 Å². The monoisotopic (exact) mass is 354 g/mol. The van der Waals surface area contributed by atoms with Crippen molar-refractivity contribution in [2.24, 2.45) is 0 Å². The van der Waals surface area contributed by atoms with E-state index >= 15 is 0 Å². The van der Waals surface area contributed by atoms with Crippen LogP contribution in [-0.2, 0) is 9.53 Å². The molecule has 1 aromatic carbocycles. The molecule has 0 atom stereocenters. The van der Waals surface area contributed by atoms with Gasteiger partial charge in [0.1, 0.15) is 0 Å². The van der Waals surface area contributed by atoms with Gasteiger partial charge in [-0.2, -0.15) is 0 Å². The lowest BCUT2D eigenvalue weighted by atomic mass is 10.3. The summed E-state index contributed by atoms with van der Waals surface area (Å²) in [6.07, 6.45) is 0. The first-order chi connectivity index (χ1) is 11.6. The first-order valence-corrected chi connectivity index (χ1v) is 8.26. The summed E-state index contributed by atoms with van der Waals surface area (Å²) in [5.74, 6) is -0.0268. The van der Waals surface area contributed by atoms with Crippen molar-refractivity contribution in [3.05, 3.63) is 29.3 Å². The number of amides is 3. The average Bonchev–Trinajstić information content (AvgIpc) is 2.58. The van der Waals surface area contributed by atoms with Gasteiger partial charge in [0.25, 0.3) is 0 Å². The minimum atomic E-state index is -0.174. The van der Waals surface area contributed by atoms with E-state index in [2.05, 4.69) is 10.6 Å². The lowest BCUT2D eigenvalue weighted by molar-refractivity contribution is -0.122. The maximum absolute atomic E-state index is 12.3. The third kappa shape index (κ3) is 5.67. The van der Waals surface area contributed by atoms with Crippen molar-refractivity contribution in [2.75, 3.05) is 58.3 Å². The molecule has 0 radical (unpaired) electrons. The molecule has 1 aromatic rings. The van der Waals surface area contributed by atoms with Crippen LogP contribution < -0.4 is 10.6 Å². The van der Waals surface area contributed by atoms with Crippen molar-refractivity contribution in [1.29, 1.82) is 0 Å². The maximum atomic E-state index is 12.3. The van der Waals surface area contributed by atoms with Crippen LogP contribution in [0.5, 0.6) is 0 Å². The van der Waals surface area contributed by atoms with Crippen molar-refractivity contribution in [1.82, 2.24) is 15.1 Å². The van der Waals surface area contributed by atoms with Gasteiger partial charge in [-0.05, 0) is 12.1 Å². The number of halogens is 1. The largest absolute Gasteiger partial charge is 0.383 e. The second-order valence-corrected chi connectivity index (χ2v) is 5.92. The number of piperazine rings is 1. The first kappa shape index (κ1) is 18.5. The van der Waals surface area contributed by atoms with Gasteiger partial charge in [0, 0.05) is 39.8 Å². The van der Waals surface area contributed by atoms with Gasteiger partial charge in [0.15, 0.2) is 0 Å². The predicted octanol–water partition coefficient (Wildman–Crippen LogP) is 1.25. The summed E-state index contributed by atoms with van der Waals surface area (Å²) in [6.45, 7) is 3.81. The van der Waals surface area contributed by atoms with Crippen molar-refractivity contribution < 1.29 is 14.3 Å². The number of anilines is 1. The number of hydrogen-bond acceptors (Lipinski definition) is 4. The fraction of sp³-hybridized carbons (Fsp3) is 0.500. The van der Waals surface area contributed by atoms with Crippen LogP contribution in [0.1, 0.15) is 0 Å². The molecule has 0 spiro atoms. The van der Waals surface area contributed by atoms with Crippen molar-refractivity contribution in [3.8, 4) is 0 Å². The quantitative estimate of drug-likeness (QED) is 0.754. The fourth-order valence-electron chi connectivity index (χ4n) is 2.42. The fourth-order valence-corrected chi connectivity index (χ4v) is 2.60. The van der Waals surface area contributed by atoms with Gasteiger partial charge in [0.05, 0.1) is 23.9 Å². The Kier molecular flexibility index (Phi) is 7.30. The maximum Gasteiger partial charge on any atom is 0.321 e. The molecule has 1 fully saturated rings. The van der Waals surface area contributed by atoms with E-state index in [1.54, 1.807) is 24.1 Å². The van der Waals surface area contributed by atoms with E-state index in [0.29, 0.717) is 56.6 Å². The van der Waals surface area contributed by atoms with Crippen LogP contribution in [0.2, 0.25) is 5.02 Å². The third-order valence-electron chi connectivity index (χ3n) is 3.77. The van der Waals surface area contributed by atoms with E-state index in [9.17, 15) is 9.59 Å². The second kappa shape index (κ2) is 9.46. The molecule has 0 aliphatic carbocycles. The zero-order valence-corrected chi connectivity index (χ0v) is 14.5. The molecule has 8 heteroatoms. The minimum Gasteiger partial charge on any atom is -0.383 e. The zero-order chi connectivity index (χ0) is 17.4. The van der Waals surface area contributed by atoms with Crippen LogP contribution in [0.4, 0.5) is 10.5 Å². The van der Waals surface area contributed by atoms with Gasteiger partial charge in [-0.1, -0.05) is 23.7 Å². The predicted molar refractivity (Wildman–Crippen MR) is 93.4 cm³/mol. The molecule has 7 nitrogen and oxygen atoms in total. The summed E-state index contributed by atoms with van der Waals surface area (Å²) in [6, 6.07) is 6.96. The van der Waals surface area contributed by atoms with Gasteiger partial charge in [-0.3, -0.25) is 9.69 Å². The minimum absolute atomic E-state index is 0.0268. The van der Waals surface area contributed by atoms with E-state index in [4.69, 9.17) is 16.3 Å². The van der Waals surface area contributed by atoms with Crippen molar-refractivity contribution in [3.63, 3.8) is 0 Å². The van der Waals surface area contributed by atoms with Gasteiger partial charge in [-0.25, -0.2) is 4.79 Å². The highest BCUT2D eigenvalue weighted by Crippen LogP contribution is 2.20. The Morgan fingerprint density at radius 1 is 1.21 bits per heavy atom. The summed E-state index contributed by atoms with van der Waals surface area (Å²) >= 11 is 6.05. The van der Waals surface area contributed by atoms with Crippen LogP contribution in [0, 0.1) is 0 Å². The summed E-state index contributed by atoms with van der Waals surface area (Å²) in [5.41, 5.74) is 0.601. The van der Waals surface area contributed by atoms with Gasteiger partial charge < -0.3 is 20.3 Å². The highest BCUT2D eigenvalue weighted by Gasteiger charge is 2.22. The lowest BCUT2D eigenvalue weighted by Crippen LogP contribution is -2.52. The summed E-state index contributed by atoms with van der Waals surface area (Å²) < 4.78 is 4.89. The third-order valence-corrected chi connectivity index (χ3v) is 4.10. The topological polar surface area (TPSA) is 73.9 Å². The number of methoxy groups -OCH3 is 1. The number of carbonyl (C=O) groups is 2. The number of para-hydroxylation sites is 1. The summed E-state index contributed by atoms with van der Waals surface area (Å²) in [4.78, 5) is 27.8. The molecule has 3 amide bonds. The van der Waals surface area contributed by atoms with E-state index in [0.717, 1.165) is 0 Å². The SMILES string of the molecule is COCCNC(=O)CN1CCN(C(=O)Nc2ccccc2Cl)CC1. The average molecular weight is 355 g/mol. The van der Waals surface area contributed by atoms with Gasteiger partial charge in [0.2, 0.25) is 5.91 Å². The molecule has 1 saturated heterocycles. The summed E-state index contributed by atoms with van der Waals surface area (Å²) in [5, 5.41) is 6.12. The molecule has 2 rings (SSSR count). The molecule has 24 heavy (non-hydrogen) atoms. The van der Waals surface area contributed by atoms with Crippen LogP contribution in [-0.4, -0.2) is 74.7 Å². The van der Waals surface area contributed by atoms with Crippen LogP contribution in [0.15, 0.2) is 24.3 Å². The molecule has 2 N–H and O–H groups in total. The highest BCUT2D eigenvalue weighted by molar-refractivity contribution is 6.33. The molecule has 132 valence electrons. The van der Waals surface area contributed by atoms with E-state index < -0.39 is 0 Å². The van der Waals surface area contributed by atoms with E-state index in [1.165, 1.54) is 0 Å². The highest BCUT2D eigenvalue weighted by atomic mass is 35.5. The molecule has 0 saturated carbocycles. The Hall–Kier alpha value is -1.83. The van der Waals surface area contributed by atoms with E-state index in [-0.39, 0.29) is 11.9 Å². The Labute approximate surface area is 146 Å². The Bertz CT molecular complexity index is 562. The molecule has 0 bridgehead atoms. The molecule has 1 heterocycles. The summed E-state index contributed by atoms with van der Waals surface area (Å²) in [7, 11) is 1.60. The molecule has 0 unspecified atom stereocenters. The first-order valence-electron chi connectivity index (χ1n) is 7.88. The molecule has 0 aromatic heterocycles. The number of urea groups is 1.